The molecule has 1 saturated heterocycles. The molecule has 0 spiro atoms. The zero-order valence-corrected chi connectivity index (χ0v) is 19.6. The van der Waals surface area contributed by atoms with Crippen LogP contribution in [0.4, 0.5) is 28.6 Å². The highest BCUT2D eigenvalue weighted by molar-refractivity contribution is 5.96. The third-order valence-electron chi connectivity index (χ3n) is 6.06. The quantitative estimate of drug-likeness (QED) is 0.388. The van der Waals surface area contributed by atoms with E-state index in [0.29, 0.717) is 17.8 Å². The van der Waals surface area contributed by atoms with Crippen LogP contribution in [-0.4, -0.2) is 31.0 Å². The number of nitrogens with zero attached hydrogens (tertiary/aromatic N) is 2. The minimum atomic E-state index is 0.132. The van der Waals surface area contributed by atoms with Gasteiger partial charge in [0.15, 0.2) is 5.78 Å². The van der Waals surface area contributed by atoms with E-state index in [-0.39, 0.29) is 5.78 Å². The van der Waals surface area contributed by atoms with Crippen LogP contribution in [0.15, 0.2) is 54.7 Å². The highest BCUT2D eigenvalue weighted by Gasteiger charge is 2.14. The van der Waals surface area contributed by atoms with Gasteiger partial charge in [0.1, 0.15) is 11.6 Å². The second-order valence-electron chi connectivity index (χ2n) is 8.42. The van der Waals surface area contributed by atoms with Crippen molar-refractivity contribution < 1.29 is 9.53 Å². The maximum absolute atomic E-state index is 12.1. The standard InChI is InChI=1S/C27H32N4O2/c1-4-25(32)20-9-8-10-21(15-20)29-24-17-27(28-18-19(24)2)30-23-12-11-22(16-26(23)33-3)31-13-6-5-7-14-31/h8-12,15-18H,4-7,13-14H2,1-3H3,(H2,28,29,30). The van der Waals surface area contributed by atoms with Gasteiger partial charge in [-0.15, -0.1) is 0 Å². The summed E-state index contributed by atoms with van der Waals surface area (Å²) in [5.41, 5.74) is 5.59. The number of ketones is 1. The van der Waals surface area contributed by atoms with Crippen molar-refractivity contribution in [1.82, 2.24) is 4.98 Å². The van der Waals surface area contributed by atoms with E-state index in [4.69, 9.17) is 4.74 Å². The maximum atomic E-state index is 12.1. The Balaban J connectivity index is 1.54. The number of carbonyl (C=O) groups excluding carboxylic acids is 1. The van der Waals surface area contributed by atoms with Crippen molar-refractivity contribution >= 4 is 34.4 Å². The molecule has 0 saturated carbocycles. The van der Waals surface area contributed by atoms with Gasteiger partial charge in [-0.25, -0.2) is 4.98 Å². The lowest BCUT2D eigenvalue weighted by atomic mass is 10.1. The highest BCUT2D eigenvalue weighted by atomic mass is 16.5. The van der Waals surface area contributed by atoms with Crippen molar-refractivity contribution in [1.29, 1.82) is 0 Å². The summed E-state index contributed by atoms with van der Waals surface area (Å²) in [6.07, 6.45) is 6.11. The van der Waals surface area contributed by atoms with Crippen LogP contribution in [0.1, 0.15) is 48.5 Å². The zero-order valence-electron chi connectivity index (χ0n) is 19.6. The van der Waals surface area contributed by atoms with Crippen LogP contribution in [-0.2, 0) is 0 Å². The second-order valence-corrected chi connectivity index (χ2v) is 8.42. The highest BCUT2D eigenvalue weighted by Crippen LogP contribution is 2.33. The molecule has 33 heavy (non-hydrogen) atoms. The third-order valence-corrected chi connectivity index (χ3v) is 6.06. The summed E-state index contributed by atoms with van der Waals surface area (Å²) in [4.78, 5) is 19.0. The summed E-state index contributed by atoms with van der Waals surface area (Å²) in [6.45, 7) is 6.07. The van der Waals surface area contributed by atoms with Gasteiger partial charge in [0, 0.05) is 60.5 Å². The fourth-order valence-corrected chi connectivity index (χ4v) is 4.13. The predicted molar refractivity (Wildman–Crippen MR) is 136 cm³/mol. The van der Waals surface area contributed by atoms with E-state index in [1.807, 2.05) is 50.4 Å². The molecular formula is C27H32N4O2. The molecule has 6 nitrogen and oxygen atoms in total. The number of piperidine rings is 1. The summed E-state index contributed by atoms with van der Waals surface area (Å²) < 4.78 is 5.68. The first-order valence-electron chi connectivity index (χ1n) is 11.6. The molecule has 1 aliphatic heterocycles. The molecule has 2 heterocycles. The molecule has 0 radical (unpaired) electrons. The molecule has 0 atom stereocenters. The Bertz CT molecular complexity index is 1120. The predicted octanol–water partition coefficient (Wildman–Crippen LogP) is 6.47. The molecule has 1 fully saturated rings. The van der Waals surface area contributed by atoms with Gasteiger partial charge in [0.25, 0.3) is 0 Å². The second kappa shape index (κ2) is 10.4. The number of ether oxygens (including phenoxy) is 1. The molecule has 2 aromatic carbocycles. The van der Waals surface area contributed by atoms with E-state index in [0.717, 1.165) is 41.5 Å². The van der Waals surface area contributed by atoms with Gasteiger partial charge in [-0.3, -0.25) is 4.79 Å². The molecule has 0 amide bonds. The van der Waals surface area contributed by atoms with Gasteiger partial charge >= 0.3 is 0 Å². The van der Waals surface area contributed by atoms with E-state index in [2.05, 4.69) is 38.7 Å². The topological polar surface area (TPSA) is 66.5 Å². The lowest BCUT2D eigenvalue weighted by Gasteiger charge is -2.29. The molecule has 0 unspecified atom stereocenters. The molecule has 1 aliphatic rings. The number of hydrogen-bond donors (Lipinski definition) is 2. The van der Waals surface area contributed by atoms with Gasteiger partial charge in [0.2, 0.25) is 0 Å². The summed E-state index contributed by atoms with van der Waals surface area (Å²) in [5.74, 6) is 1.64. The van der Waals surface area contributed by atoms with Crippen molar-refractivity contribution in [2.24, 2.45) is 0 Å². The normalized spacial score (nSPS) is 13.5. The number of hydrogen-bond acceptors (Lipinski definition) is 6. The van der Waals surface area contributed by atoms with Crippen LogP contribution in [0, 0.1) is 6.92 Å². The lowest BCUT2D eigenvalue weighted by Crippen LogP contribution is -2.29. The Labute approximate surface area is 196 Å². The largest absolute Gasteiger partial charge is 0.494 e. The Hall–Kier alpha value is -3.54. The van der Waals surface area contributed by atoms with Gasteiger partial charge in [0.05, 0.1) is 12.8 Å². The van der Waals surface area contributed by atoms with Crippen molar-refractivity contribution in [3.63, 3.8) is 0 Å². The van der Waals surface area contributed by atoms with Crippen LogP contribution < -0.4 is 20.3 Å². The summed E-state index contributed by atoms with van der Waals surface area (Å²) >= 11 is 0. The number of methoxy groups -OCH3 is 1. The van der Waals surface area contributed by atoms with Crippen molar-refractivity contribution in [2.75, 3.05) is 35.7 Å². The maximum Gasteiger partial charge on any atom is 0.162 e. The van der Waals surface area contributed by atoms with E-state index in [1.165, 1.54) is 24.9 Å². The molecule has 3 aromatic rings. The number of Topliss-reactive ketones (excluding diaryl/α,β-unsaturated/α-hetero) is 1. The first-order chi connectivity index (χ1) is 16.1. The van der Waals surface area contributed by atoms with Crippen molar-refractivity contribution in [3.8, 4) is 5.75 Å². The lowest BCUT2D eigenvalue weighted by molar-refractivity contribution is 0.0988. The molecule has 1 aromatic heterocycles. The Morgan fingerprint density at radius 2 is 1.85 bits per heavy atom. The minimum absolute atomic E-state index is 0.132. The minimum Gasteiger partial charge on any atom is -0.494 e. The number of aromatic nitrogens is 1. The van der Waals surface area contributed by atoms with E-state index in [1.54, 1.807) is 7.11 Å². The zero-order chi connectivity index (χ0) is 23.2. The fraction of sp³-hybridized carbons (Fsp3) is 0.333. The number of nitrogens with one attached hydrogen (secondary N) is 2. The summed E-state index contributed by atoms with van der Waals surface area (Å²) in [7, 11) is 1.70. The molecule has 172 valence electrons. The molecule has 2 N–H and O–H groups in total. The number of benzene rings is 2. The third kappa shape index (κ3) is 5.45. The summed E-state index contributed by atoms with van der Waals surface area (Å²) in [6, 6.07) is 15.9. The Morgan fingerprint density at radius 3 is 2.61 bits per heavy atom. The smallest absolute Gasteiger partial charge is 0.162 e. The van der Waals surface area contributed by atoms with Crippen LogP contribution in [0.3, 0.4) is 0 Å². The monoisotopic (exact) mass is 444 g/mol. The number of anilines is 5. The first kappa shape index (κ1) is 22.6. The van der Waals surface area contributed by atoms with Crippen molar-refractivity contribution in [2.45, 2.75) is 39.5 Å². The SMILES string of the molecule is CCC(=O)c1cccc(Nc2cc(Nc3ccc(N4CCCCC4)cc3OC)ncc2C)c1. The van der Waals surface area contributed by atoms with Crippen LogP contribution in [0.5, 0.6) is 5.75 Å². The van der Waals surface area contributed by atoms with Gasteiger partial charge < -0.3 is 20.3 Å². The van der Waals surface area contributed by atoms with Gasteiger partial charge in [-0.2, -0.15) is 0 Å². The molecule has 6 heteroatoms. The number of aryl methyl sites for hydroxylation is 1. The first-order valence-corrected chi connectivity index (χ1v) is 11.6. The van der Waals surface area contributed by atoms with Crippen LogP contribution in [0.2, 0.25) is 0 Å². The number of pyridine rings is 1. The molecule has 4 rings (SSSR count). The van der Waals surface area contributed by atoms with E-state index in [9.17, 15) is 4.79 Å². The van der Waals surface area contributed by atoms with Gasteiger partial charge in [-0.1, -0.05) is 19.1 Å². The average Bonchev–Trinajstić information content (AvgIpc) is 2.86. The van der Waals surface area contributed by atoms with Crippen LogP contribution >= 0.6 is 0 Å². The van der Waals surface area contributed by atoms with Crippen LogP contribution in [0.25, 0.3) is 0 Å². The van der Waals surface area contributed by atoms with Crippen molar-refractivity contribution in [3.05, 3.63) is 65.9 Å². The van der Waals surface area contributed by atoms with Gasteiger partial charge in [-0.05, 0) is 56.0 Å². The summed E-state index contributed by atoms with van der Waals surface area (Å²) in [5, 5.41) is 6.83. The Morgan fingerprint density at radius 1 is 1.03 bits per heavy atom. The molecular weight excluding hydrogens is 412 g/mol. The molecule has 0 aliphatic carbocycles. The fourth-order valence-electron chi connectivity index (χ4n) is 4.13. The van der Waals surface area contributed by atoms with E-state index >= 15 is 0 Å². The Kier molecular flexibility index (Phi) is 7.13. The number of rotatable bonds is 8. The average molecular weight is 445 g/mol. The molecule has 0 bridgehead atoms. The number of carbonyl (C=O) groups is 1. The van der Waals surface area contributed by atoms with E-state index < -0.39 is 0 Å².